The Morgan fingerprint density at radius 1 is 1.00 bits per heavy atom. The molecule has 0 fully saturated rings. The highest BCUT2D eigenvalue weighted by Gasteiger charge is 2.12. The summed E-state index contributed by atoms with van der Waals surface area (Å²) in [6.45, 7) is 2.08. The Morgan fingerprint density at radius 2 is 1.87 bits per heavy atom. The molecule has 0 aliphatic rings. The van der Waals surface area contributed by atoms with Gasteiger partial charge in [0.2, 0.25) is 5.95 Å². The van der Waals surface area contributed by atoms with Crippen molar-refractivity contribution in [2.24, 2.45) is 7.05 Å². The van der Waals surface area contributed by atoms with E-state index in [0.717, 1.165) is 22.4 Å². The van der Waals surface area contributed by atoms with Crippen molar-refractivity contribution < 1.29 is 0 Å². The summed E-state index contributed by atoms with van der Waals surface area (Å²) < 4.78 is 3.57. The van der Waals surface area contributed by atoms with Crippen molar-refractivity contribution in [3.05, 3.63) is 72.7 Å². The Kier molecular flexibility index (Phi) is 4.40. The Bertz CT molecular complexity index is 1310. The Morgan fingerprint density at radius 3 is 2.67 bits per heavy atom. The van der Waals surface area contributed by atoms with E-state index in [1.54, 1.807) is 17.2 Å². The molecule has 9 nitrogen and oxygen atoms in total. The number of aryl methyl sites for hydroxylation is 1. The Labute approximate surface area is 172 Å². The molecule has 1 atom stereocenters. The maximum absolute atomic E-state index is 4.70. The van der Waals surface area contributed by atoms with Crippen molar-refractivity contribution in [1.29, 1.82) is 0 Å². The number of fused-ring (bicyclic) bond motifs is 1. The molecule has 5 rings (SSSR count). The van der Waals surface area contributed by atoms with Crippen molar-refractivity contribution in [3.8, 4) is 17.2 Å². The van der Waals surface area contributed by atoms with E-state index in [-0.39, 0.29) is 6.04 Å². The van der Waals surface area contributed by atoms with E-state index < -0.39 is 0 Å². The lowest BCUT2D eigenvalue weighted by molar-refractivity contribution is 0.715. The summed E-state index contributed by atoms with van der Waals surface area (Å²) in [5.74, 6) is 1.97. The van der Waals surface area contributed by atoms with Gasteiger partial charge in [-0.2, -0.15) is 4.98 Å². The molecule has 3 aromatic heterocycles. The molecule has 0 radical (unpaired) electrons. The van der Waals surface area contributed by atoms with Gasteiger partial charge in [0, 0.05) is 18.8 Å². The smallest absolute Gasteiger partial charge is 0.225 e. The number of imidazole rings is 1. The molecule has 148 valence electrons. The predicted octanol–water partition coefficient (Wildman–Crippen LogP) is 3.18. The predicted molar refractivity (Wildman–Crippen MR) is 113 cm³/mol. The topological polar surface area (TPSA) is 99.2 Å². The third-order valence-electron chi connectivity index (χ3n) is 4.96. The van der Waals surface area contributed by atoms with Gasteiger partial charge in [0.15, 0.2) is 5.82 Å². The minimum absolute atomic E-state index is 0.0796. The van der Waals surface area contributed by atoms with Crippen molar-refractivity contribution in [2.75, 3.05) is 5.32 Å². The molecule has 1 N–H and O–H groups in total. The summed E-state index contributed by atoms with van der Waals surface area (Å²) in [6.07, 6.45) is 3.50. The Hall–Kier alpha value is -4.14. The maximum Gasteiger partial charge on any atom is 0.225 e. The molecule has 0 amide bonds. The highest BCUT2D eigenvalue weighted by atomic mass is 15.5. The van der Waals surface area contributed by atoms with Crippen LogP contribution in [0.25, 0.3) is 28.2 Å². The first-order valence-corrected chi connectivity index (χ1v) is 9.54. The average Bonchev–Trinajstić information content (AvgIpc) is 3.40. The summed E-state index contributed by atoms with van der Waals surface area (Å²) in [4.78, 5) is 13.6. The van der Waals surface area contributed by atoms with Crippen LogP contribution in [0.3, 0.4) is 0 Å². The lowest BCUT2D eigenvalue weighted by Gasteiger charge is -2.14. The van der Waals surface area contributed by atoms with Crippen LogP contribution in [0.1, 0.15) is 18.5 Å². The summed E-state index contributed by atoms with van der Waals surface area (Å²) in [7, 11) is 1.81. The van der Waals surface area contributed by atoms with Gasteiger partial charge in [-0.1, -0.05) is 30.3 Å². The first-order chi connectivity index (χ1) is 14.7. The van der Waals surface area contributed by atoms with Crippen LogP contribution < -0.4 is 5.32 Å². The van der Waals surface area contributed by atoms with Crippen LogP contribution in [-0.2, 0) is 7.05 Å². The highest BCUT2D eigenvalue weighted by Crippen LogP contribution is 2.24. The fraction of sp³-hybridized carbons (Fsp3) is 0.143. The summed E-state index contributed by atoms with van der Waals surface area (Å²) >= 11 is 0. The van der Waals surface area contributed by atoms with Crippen LogP contribution >= 0.6 is 0 Å². The Balaban J connectivity index is 1.50. The van der Waals surface area contributed by atoms with Gasteiger partial charge < -0.3 is 5.32 Å². The molecule has 0 saturated carbocycles. The molecule has 5 aromatic rings. The largest absolute Gasteiger partial charge is 0.348 e. The molecular formula is C21H19N9. The zero-order valence-electron chi connectivity index (χ0n) is 16.5. The van der Waals surface area contributed by atoms with Crippen molar-refractivity contribution >= 4 is 17.0 Å². The lowest BCUT2D eigenvalue weighted by Crippen LogP contribution is -2.10. The molecular weight excluding hydrogens is 378 g/mol. The van der Waals surface area contributed by atoms with Crippen LogP contribution in [0.2, 0.25) is 0 Å². The monoisotopic (exact) mass is 397 g/mol. The standard InChI is InChI=1S/C21H19N9/c1-14(15-6-4-3-5-7-15)24-21-22-11-10-19(25-21)30-13-23-17-9-8-16(12-18(17)30)20-26-27-28-29(20)2/h3-14H,1-2H3,(H,22,24,25). The molecule has 30 heavy (non-hydrogen) atoms. The van der Waals surface area contributed by atoms with Gasteiger partial charge in [0.25, 0.3) is 0 Å². The van der Waals surface area contributed by atoms with Gasteiger partial charge in [0.05, 0.1) is 17.1 Å². The molecule has 3 heterocycles. The average molecular weight is 397 g/mol. The summed E-state index contributed by atoms with van der Waals surface area (Å²) in [5.41, 5.74) is 3.85. The molecule has 0 spiro atoms. The number of rotatable bonds is 5. The van der Waals surface area contributed by atoms with E-state index in [1.165, 1.54) is 5.56 Å². The van der Waals surface area contributed by atoms with Gasteiger partial charge in [-0.05, 0) is 47.2 Å². The molecule has 9 heteroatoms. The SMILES string of the molecule is CC(Nc1nccc(-n2cnc3ccc(-c4nnnn4C)cc32)n1)c1ccccc1. The number of anilines is 1. The first-order valence-electron chi connectivity index (χ1n) is 9.54. The van der Waals surface area contributed by atoms with Crippen LogP contribution in [0, 0.1) is 0 Å². The van der Waals surface area contributed by atoms with Crippen LogP contribution in [0.4, 0.5) is 5.95 Å². The maximum atomic E-state index is 4.70. The van der Waals surface area contributed by atoms with Crippen LogP contribution in [-0.4, -0.2) is 39.7 Å². The number of nitrogens with one attached hydrogen (secondary N) is 1. The number of nitrogens with zero attached hydrogens (tertiary/aromatic N) is 8. The number of tetrazole rings is 1. The number of hydrogen-bond donors (Lipinski definition) is 1. The van der Waals surface area contributed by atoms with Gasteiger partial charge in [0.1, 0.15) is 12.1 Å². The van der Waals surface area contributed by atoms with E-state index in [4.69, 9.17) is 4.98 Å². The molecule has 0 bridgehead atoms. The fourth-order valence-corrected chi connectivity index (χ4v) is 3.37. The third-order valence-corrected chi connectivity index (χ3v) is 4.96. The van der Waals surface area contributed by atoms with Gasteiger partial charge in [-0.15, -0.1) is 5.10 Å². The van der Waals surface area contributed by atoms with Crippen molar-refractivity contribution in [3.63, 3.8) is 0 Å². The van der Waals surface area contributed by atoms with Crippen molar-refractivity contribution in [1.82, 2.24) is 39.7 Å². The third kappa shape index (κ3) is 3.26. The second kappa shape index (κ2) is 7.36. The second-order valence-electron chi connectivity index (χ2n) is 6.96. The van der Waals surface area contributed by atoms with Gasteiger partial charge in [-0.25, -0.2) is 14.6 Å². The quantitative estimate of drug-likeness (QED) is 0.486. The second-order valence-corrected chi connectivity index (χ2v) is 6.96. The van der Waals surface area contributed by atoms with E-state index in [0.29, 0.717) is 11.8 Å². The fourth-order valence-electron chi connectivity index (χ4n) is 3.37. The molecule has 0 aliphatic heterocycles. The zero-order valence-corrected chi connectivity index (χ0v) is 16.5. The summed E-state index contributed by atoms with van der Waals surface area (Å²) in [5, 5.41) is 15.1. The van der Waals surface area contributed by atoms with Gasteiger partial charge >= 0.3 is 0 Å². The van der Waals surface area contributed by atoms with E-state index in [2.05, 4.69) is 49.9 Å². The van der Waals surface area contributed by atoms with Crippen molar-refractivity contribution in [2.45, 2.75) is 13.0 Å². The normalized spacial score (nSPS) is 12.2. The molecule has 0 aliphatic carbocycles. The van der Waals surface area contributed by atoms with E-state index >= 15 is 0 Å². The molecule has 0 saturated heterocycles. The van der Waals surface area contributed by atoms with Crippen LogP contribution in [0.5, 0.6) is 0 Å². The zero-order chi connectivity index (χ0) is 20.5. The molecule has 1 unspecified atom stereocenters. The number of benzene rings is 2. The van der Waals surface area contributed by atoms with Crippen LogP contribution in [0.15, 0.2) is 67.1 Å². The summed E-state index contributed by atoms with van der Waals surface area (Å²) in [6, 6.07) is 18.1. The first kappa shape index (κ1) is 17.9. The number of hydrogen-bond acceptors (Lipinski definition) is 7. The minimum Gasteiger partial charge on any atom is -0.348 e. The minimum atomic E-state index is 0.0796. The van der Waals surface area contributed by atoms with Gasteiger partial charge in [-0.3, -0.25) is 4.57 Å². The lowest BCUT2D eigenvalue weighted by atomic mass is 10.1. The molecule has 2 aromatic carbocycles. The van der Waals surface area contributed by atoms with E-state index in [1.807, 2.05) is 54.1 Å². The highest BCUT2D eigenvalue weighted by molar-refractivity contribution is 5.82. The number of aromatic nitrogens is 8. The van der Waals surface area contributed by atoms with E-state index in [9.17, 15) is 0 Å².